The Morgan fingerprint density at radius 1 is 1.47 bits per heavy atom. The maximum Gasteiger partial charge on any atom is 0.311 e. The maximum absolute atomic E-state index is 10.6. The third kappa shape index (κ3) is 1.68. The molecule has 1 aliphatic carbocycles. The largest absolute Gasteiger partial charge is 0.502 e. The number of nitro groups is 1. The molecule has 1 aliphatic rings. The standard InChI is InChI=1S/C10H9NO4/c12-5-8-3-7(6-1-2-6)4-9(10(8)13)11(14)15/h3-6,13H,1-2H2. The van der Waals surface area contributed by atoms with E-state index in [1.165, 1.54) is 12.1 Å². The lowest BCUT2D eigenvalue weighted by atomic mass is 10.1. The van der Waals surface area contributed by atoms with Gasteiger partial charge in [0.05, 0.1) is 10.5 Å². The highest BCUT2D eigenvalue weighted by molar-refractivity contribution is 5.82. The molecule has 1 aromatic carbocycles. The first-order valence-electron chi connectivity index (χ1n) is 4.60. The van der Waals surface area contributed by atoms with Crippen LogP contribution in [0.2, 0.25) is 0 Å². The van der Waals surface area contributed by atoms with E-state index in [0.717, 1.165) is 18.4 Å². The number of hydrogen-bond donors (Lipinski definition) is 1. The second-order valence-corrected chi connectivity index (χ2v) is 3.63. The summed E-state index contributed by atoms with van der Waals surface area (Å²) in [6.07, 6.45) is 2.41. The van der Waals surface area contributed by atoms with Crippen LogP contribution in [0.4, 0.5) is 5.69 Å². The predicted molar refractivity (Wildman–Crippen MR) is 52.1 cm³/mol. The van der Waals surface area contributed by atoms with Crippen LogP contribution >= 0.6 is 0 Å². The molecule has 0 bridgehead atoms. The molecule has 1 N–H and O–H groups in total. The Kier molecular flexibility index (Phi) is 2.15. The van der Waals surface area contributed by atoms with Crippen LogP contribution in [0.5, 0.6) is 5.75 Å². The van der Waals surface area contributed by atoms with Crippen molar-refractivity contribution >= 4 is 12.0 Å². The van der Waals surface area contributed by atoms with Crippen LogP contribution < -0.4 is 0 Å². The quantitative estimate of drug-likeness (QED) is 0.467. The number of carbonyl (C=O) groups excluding carboxylic acids is 1. The molecule has 5 nitrogen and oxygen atoms in total. The minimum Gasteiger partial charge on any atom is -0.502 e. The molecule has 0 aliphatic heterocycles. The zero-order valence-electron chi connectivity index (χ0n) is 7.84. The van der Waals surface area contributed by atoms with Crippen LogP contribution in [-0.4, -0.2) is 16.3 Å². The summed E-state index contributed by atoms with van der Waals surface area (Å²) in [5, 5.41) is 20.0. The number of hydrogen-bond acceptors (Lipinski definition) is 4. The molecule has 0 spiro atoms. The summed E-state index contributed by atoms with van der Waals surface area (Å²) in [5.41, 5.74) is 0.370. The van der Waals surface area contributed by atoms with E-state index in [0.29, 0.717) is 12.2 Å². The number of benzene rings is 1. The average Bonchev–Trinajstić information content (AvgIpc) is 3.01. The van der Waals surface area contributed by atoms with Gasteiger partial charge < -0.3 is 5.11 Å². The van der Waals surface area contributed by atoms with Crippen LogP contribution in [0.3, 0.4) is 0 Å². The van der Waals surface area contributed by atoms with Crippen molar-refractivity contribution in [1.82, 2.24) is 0 Å². The van der Waals surface area contributed by atoms with Gasteiger partial charge in [-0.1, -0.05) is 0 Å². The lowest BCUT2D eigenvalue weighted by Gasteiger charge is -2.03. The molecule has 1 aromatic rings. The Labute approximate surface area is 85.5 Å². The van der Waals surface area contributed by atoms with Gasteiger partial charge in [0.1, 0.15) is 0 Å². The van der Waals surface area contributed by atoms with Crippen molar-refractivity contribution in [2.75, 3.05) is 0 Å². The summed E-state index contributed by atoms with van der Waals surface area (Å²) in [6, 6.07) is 2.87. The second kappa shape index (κ2) is 3.34. The van der Waals surface area contributed by atoms with Gasteiger partial charge in [-0.2, -0.15) is 0 Å². The average molecular weight is 207 g/mol. The van der Waals surface area contributed by atoms with Crippen LogP contribution in [0, 0.1) is 10.1 Å². The zero-order valence-corrected chi connectivity index (χ0v) is 7.84. The van der Waals surface area contributed by atoms with Gasteiger partial charge in [0, 0.05) is 6.07 Å². The fourth-order valence-electron chi connectivity index (χ4n) is 1.55. The van der Waals surface area contributed by atoms with Crippen molar-refractivity contribution in [1.29, 1.82) is 0 Å². The molecule has 0 atom stereocenters. The number of rotatable bonds is 3. The van der Waals surface area contributed by atoms with Crippen LogP contribution in [0.1, 0.15) is 34.7 Å². The number of nitrogens with zero attached hydrogens (tertiary/aromatic N) is 1. The Balaban J connectivity index is 2.56. The molecule has 0 amide bonds. The van der Waals surface area contributed by atoms with E-state index in [-0.39, 0.29) is 11.3 Å². The lowest BCUT2D eigenvalue weighted by molar-refractivity contribution is -0.385. The number of phenolic OH excluding ortho intramolecular Hbond substituents is 1. The lowest BCUT2D eigenvalue weighted by Crippen LogP contribution is -1.94. The van der Waals surface area contributed by atoms with Crippen molar-refractivity contribution in [3.05, 3.63) is 33.4 Å². The molecule has 0 heterocycles. The molecule has 1 saturated carbocycles. The zero-order chi connectivity index (χ0) is 11.0. The molecular weight excluding hydrogens is 198 g/mol. The summed E-state index contributed by atoms with van der Waals surface area (Å²) in [6.45, 7) is 0. The maximum atomic E-state index is 10.6. The number of phenols is 1. The van der Waals surface area contributed by atoms with E-state index in [9.17, 15) is 20.0 Å². The van der Waals surface area contributed by atoms with Crippen LogP contribution in [0.15, 0.2) is 12.1 Å². The highest BCUT2D eigenvalue weighted by Gasteiger charge is 2.28. The first-order chi connectivity index (χ1) is 7.13. The van der Waals surface area contributed by atoms with Crippen molar-refractivity contribution in [3.63, 3.8) is 0 Å². The van der Waals surface area contributed by atoms with Gasteiger partial charge in [0.25, 0.3) is 0 Å². The Bertz CT molecular complexity index is 437. The topological polar surface area (TPSA) is 80.4 Å². The second-order valence-electron chi connectivity index (χ2n) is 3.63. The normalized spacial score (nSPS) is 14.9. The van der Waals surface area contributed by atoms with E-state index in [1.54, 1.807) is 0 Å². The highest BCUT2D eigenvalue weighted by atomic mass is 16.6. The molecule has 2 rings (SSSR count). The van der Waals surface area contributed by atoms with Gasteiger partial charge in [-0.3, -0.25) is 14.9 Å². The smallest absolute Gasteiger partial charge is 0.311 e. The highest BCUT2D eigenvalue weighted by Crippen LogP contribution is 2.43. The van der Waals surface area contributed by atoms with Crippen LogP contribution in [0.25, 0.3) is 0 Å². The molecule has 0 radical (unpaired) electrons. The van der Waals surface area contributed by atoms with Gasteiger partial charge in [0.2, 0.25) is 5.75 Å². The summed E-state index contributed by atoms with van der Waals surface area (Å²) in [7, 11) is 0. The number of nitro benzene ring substituents is 1. The van der Waals surface area contributed by atoms with E-state index < -0.39 is 10.7 Å². The minimum atomic E-state index is -0.672. The first-order valence-corrected chi connectivity index (χ1v) is 4.60. The summed E-state index contributed by atoms with van der Waals surface area (Å²) in [5.74, 6) is -0.234. The van der Waals surface area contributed by atoms with Crippen molar-refractivity contribution in [3.8, 4) is 5.75 Å². The Morgan fingerprint density at radius 3 is 2.60 bits per heavy atom. The van der Waals surface area contributed by atoms with Crippen molar-refractivity contribution < 1.29 is 14.8 Å². The summed E-state index contributed by atoms with van der Waals surface area (Å²) in [4.78, 5) is 20.6. The van der Waals surface area contributed by atoms with E-state index in [2.05, 4.69) is 0 Å². The van der Waals surface area contributed by atoms with E-state index in [1.807, 2.05) is 0 Å². The van der Waals surface area contributed by atoms with E-state index in [4.69, 9.17) is 0 Å². The molecule has 15 heavy (non-hydrogen) atoms. The number of carbonyl (C=O) groups is 1. The summed E-state index contributed by atoms with van der Waals surface area (Å²) >= 11 is 0. The molecule has 5 heteroatoms. The number of aldehydes is 1. The minimum absolute atomic E-state index is 0.00824. The van der Waals surface area contributed by atoms with Gasteiger partial charge in [-0.25, -0.2) is 0 Å². The predicted octanol–water partition coefficient (Wildman–Crippen LogP) is 1.99. The van der Waals surface area contributed by atoms with Crippen LogP contribution in [-0.2, 0) is 0 Å². The van der Waals surface area contributed by atoms with Crippen molar-refractivity contribution in [2.24, 2.45) is 0 Å². The Morgan fingerprint density at radius 2 is 2.13 bits per heavy atom. The first kappa shape index (κ1) is 9.64. The molecule has 0 aromatic heterocycles. The fraction of sp³-hybridized carbons (Fsp3) is 0.300. The van der Waals surface area contributed by atoms with E-state index >= 15 is 0 Å². The van der Waals surface area contributed by atoms with Gasteiger partial charge in [0.15, 0.2) is 6.29 Å². The molecular formula is C10H9NO4. The summed E-state index contributed by atoms with van der Waals surface area (Å²) < 4.78 is 0. The molecule has 0 saturated heterocycles. The van der Waals surface area contributed by atoms with Gasteiger partial charge in [-0.15, -0.1) is 0 Å². The SMILES string of the molecule is O=Cc1cc(C2CC2)cc([N+](=O)[O-])c1O. The fourth-order valence-corrected chi connectivity index (χ4v) is 1.55. The van der Waals surface area contributed by atoms with Gasteiger partial charge in [-0.05, 0) is 30.4 Å². The third-order valence-electron chi connectivity index (χ3n) is 2.51. The molecule has 0 unspecified atom stereocenters. The van der Waals surface area contributed by atoms with Crippen molar-refractivity contribution in [2.45, 2.75) is 18.8 Å². The molecule has 1 fully saturated rings. The van der Waals surface area contributed by atoms with Gasteiger partial charge >= 0.3 is 5.69 Å². The monoisotopic (exact) mass is 207 g/mol. The Hall–Kier alpha value is -1.91. The number of aromatic hydroxyl groups is 1. The third-order valence-corrected chi connectivity index (χ3v) is 2.51. The molecule has 78 valence electrons.